The minimum absolute atomic E-state index is 0.0723. The smallest absolute Gasteiger partial charge is 0.449 e. The molecule has 154 valence electrons. The van der Waals surface area contributed by atoms with E-state index in [1.165, 1.54) is 13.0 Å². The number of hydrogen-bond acceptors (Lipinski definition) is 5. The van der Waals surface area contributed by atoms with E-state index in [9.17, 15) is 26.7 Å². The van der Waals surface area contributed by atoms with Crippen LogP contribution in [-0.4, -0.2) is 21.1 Å². The Labute approximate surface area is 168 Å². The fourth-order valence-corrected chi connectivity index (χ4v) is 2.49. The van der Waals surface area contributed by atoms with E-state index >= 15 is 0 Å². The van der Waals surface area contributed by atoms with Crippen molar-refractivity contribution < 1.29 is 31.1 Å². The second kappa shape index (κ2) is 7.30. The topological polar surface area (TPSA) is 81.0 Å². The quantitative estimate of drug-likeness (QED) is 0.526. The van der Waals surface area contributed by atoms with Crippen molar-refractivity contribution in [3.8, 4) is 23.1 Å². The van der Waals surface area contributed by atoms with Crippen LogP contribution in [0.15, 0.2) is 33.8 Å². The zero-order valence-corrected chi connectivity index (χ0v) is 15.6. The summed E-state index contributed by atoms with van der Waals surface area (Å²) in [5.41, 5.74) is -3.26. The molecule has 6 nitrogen and oxygen atoms in total. The van der Waals surface area contributed by atoms with Gasteiger partial charge in [-0.2, -0.15) is 22.0 Å². The van der Waals surface area contributed by atoms with Gasteiger partial charge in [0.05, 0.1) is 15.7 Å². The number of aryl methyl sites for hydroxylation is 1. The minimum atomic E-state index is -6.06. The van der Waals surface area contributed by atoms with Crippen molar-refractivity contribution in [1.82, 2.24) is 15.0 Å². The molecule has 13 heteroatoms. The molecule has 0 atom stereocenters. The van der Waals surface area contributed by atoms with E-state index in [4.69, 9.17) is 32.4 Å². The Morgan fingerprint density at radius 1 is 1.14 bits per heavy atom. The summed E-state index contributed by atoms with van der Waals surface area (Å²) in [5, 5.41) is -0.00497. The molecule has 0 amide bonds. The number of alkyl halides is 5. The predicted molar refractivity (Wildman–Crippen MR) is 91.6 cm³/mol. The summed E-state index contributed by atoms with van der Waals surface area (Å²) >= 11 is 11.5. The molecule has 0 radical (unpaired) electrons. The molecule has 0 unspecified atom stereocenters. The van der Waals surface area contributed by atoms with Gasteiger partial charge in [-0.3, -0.25) is 4.79 Å². The van der Waals surface area contributed by atoms with Gasteiger partial charge in [0.2, 0.25) is 5.75 Å². The van der Waals surface area contributed by atoms with E-state index in [1.54, 1.807) is 0 Å². The van der Waals surface area contributed by atoms with Gasteiger partial charge in [-0.25, -0.2) is 9.97 Å². The maximum absolute atomic E-state index is 14.2. The van der Waals surface area contributed by atoms with Crippen LogP contribution in [0.5, 0.6) is 11.5 Å². The van der Waals surface area contributed by atoms with E-state index in [1.807, 2.05) is 4.98 Å². The molecule has 0 bridgehead atoms. The van der Waals surface area contributed by atoms with Gasteiger partial charge in [0, 0.05) is 6.07 Å². The van der Waals surface area contributed by atoms with Gasteiger partial charge in [0.1, 0.15) is 5.75 Å². The van der Waals surface area contributed by atoms with Crippen LogP contribution in [0.25, 0.3) is 11.6 Å². The summed E-state index contributed by atoms with van der Waals surface area (Å²) in [6.07, 6.45) is -5.15. The van der Waals surface area contributed by atoms with Crippen molar-refractivity contribution in [3.63, 3.8) is 0 Å². The van der Waals surface area contributed by atoms with Crippen molar-refractivity contribution in [2.75, 3.05) is 0 Å². The maximum Gasteiger partial charge on any atom is 0.459 e. The number of H-pyrrole nitrogens is 1. The number of nitrogens with one attached hydrogen (secondary N) is 1. The van der Waals surface area contributed by atoms with Crippen molar-refractivity contribution in [3.05, 3.63) is 56.4 Å². The van der Waals surface area contributed by atoms with Crippen LogP contribution in [0.4, 0.5) is 22.0 Å². The molecule has 0 saturated heterocycles. The lowest BCUT2D eigenvalue weighted by molar-refractivity contribution is -0.291. The first-order valence-electron chi connectivity index (χ1n) is 7.54. The van der Waals surface area contributed by atoms with Gasteiger partial charge in [0.25, 0.3) is 5.56 Å². The molecule has 0 aliphatic rings. The zero-order valence-electron chi connectivity index (χ0n) is 14.1. The third-order valence-corrected chi connectivity index (χ3v) is 4.34. The standard InChI is InChI=1S/C16H8Cl2F5N3O3/c1-6-10(28-5-24-6)13-25-12(15(19,20)16(21,22)23)11(14(27)26-13)29-7-2-3-8(17)9(18)4-7/h2-5H,1H3,(H,25,26,27). The number of rotatable bonds is 4. The lowest BCUT2D eigenvalue weighted by Crippen LogP contribution is -2.36. The lowest BCUT2D eigenvalue weighted by atomic mass is 10.2. The van der Waals surface area contributed by atoms with Crippen molar-refractivity contribution in [2.45, 2.75) is 19.0 Å². The van der Waals surface area contributed by atoms with Crippen LogP contribution in [0.2, 0.25) is 10.0 Å². The fraction of sp³-hybridized carbons (Fsp3) is 0.188. The number of nitrogens with zero attached hydrogens (tertiary/aromatic N) is 2. The monoisotopic (exact) mass is 455 g/mol. The van der Waals surface area contributed by atoms with Gasteiger partial charge in [-0.15, -0.1) is 0 Å². The summed E-state index contributed by atoms with van der Waals surface area (Å²) in [5.74, 6) is -8.16. The van der Waals surface area contributed by atoms with Gasteiger partial charge in [-0.05, 0) is 19.1 Å². The number of aromatic amines is 1. The number of hydrogen-bond donors (Lipinski definition) is 1. The number of halogens is 7. The van der Waals surface area contributed by atoms with Crippen LogP contribution in [-0.2, 0) is 5.92 Å². The molecule has 0 saturated carbocycles. The molecule has 0 aliphatic heterocycles. The molecule has 1 aromatic carbocycles. The molecule has 2 aromatic heterocycles. The highest BCUT2D eigenvalue weighted by Crippen LogP contribution is 2.46. The minimum Gasteiger partial charge on any atom is -0.449 e. The summed E-state index contributed by atoms with van der Waals surface area (Å²) in [6.45, 7) is 1.38. The summed E-state index contributed by atoms with van der Waals surface area (Å²) in [7, 11) is 0. The Morgan fingerprint density at radius 3 is 2.38 bits per heavy atom. The number of aromatic nitrogens is 3. The van der Waals surface area contributed by atoms with Crippen LogP contribution >= 0.6 is 23.2 Å². The van der Waals surface area contributed by atoms with Gasteiger partial charge in [-0.1, -0.05) is 23.2 Å². The molecule has 29 heavy (non-hydrogen) atoms. The normalized spacial score (nSPS) is 12.3. The Balaban J connectivity index is 2.23. The first kappa shape index (κ1) is 21.1. The SMILES string of the molecule is Cc1ncoc1-c1nc(C(F)(F)C(F)(F)F)c(Oc2ccc(Cl)c(Cl)c2)c(=O)[nH]1. The van der Waals surface area contributed by atoms with Gasteiger partial charge in [0.15, 0.2) is 23.7 Å². The highest BCUT2D eigenvalue weighted by atomic mass is 35.5. The van der Waals surface area contributed by atoms with E-state index in [2.05, 4.69) is 9.97 Å². The highest BCUT2D eigenvalue weighted by molar-refractivity contribution is 6.42. The molecule has 2 heterocycles. The number of oxazole rings is 1. The fourth-order valence-electron chi connectivity index (χ4n) is 2.20. The lowest BCUT2D eigenvalue weighted by Gasteiger charge is -2.21. The molecule has 0 aliphatic carbocycles. The molecule has 3 rings (SSSR count). The Kier molecular flexibility index (Phi) is 5.30. The van der Waals surface area contributed by atoms with Gasteiger partial charge >= 0.3 is 12.1 Å². The van der Waals surface area contributed by atoms with Crippen LogP contribution in [0.3, 0.4) is 0 Å². The Hall–Kier alpha value is -2.66. The predicted octanol–water partition coefficient (Wildman–Crippen LogP) is 5.49. The highest BCUT2D eigenvalue weighted by Gasteiger charge is 2.62. The average molecular weight is 456 g/mol. The third-order valence-electron chi connectivity index (χ3n) is 3.60. The van der Waals surface area contributed by atoms with E-state index in [-0.39, 0.29) is 27.2 Å². The average Bonchev–Trinajstić information content (AvgIpc) is 3.04. The molecule has 3 aromatic rings. The molecular weight excluding hydrogens is 448 g/mol. The molecular formula is C16H8Cl2F5N3O3. The van der Waals surface area contributed by atoms with Gasteiger partial charge < -0.3 is 14.1 Å². The molecule has 0 fully saturated rings. The summed E-state index contributed by atoms with van der Waals surface area (Å²) < 4.78 is 77.2. The molecule has 1 N–H and O–H groups in total. The number of ether oxygens (including phenoxy) is 1. The van der Waals surface area contributed by atoms with E-state index in [0.717, 1.165) is 18.5 Å². The zero-order chi connectivity index (χ0) is 21.6. The third kappa shape index (κ3) is 3.92. The summed E-state index contributed by atoms with van der Waals surface area (Å²) in [6, 6.07) is 3.36. The second-order valence-corrected chi connectivity index (χ2v) is 6.42. The summed E-state index contributed by atoms with van der Waals surface area (Å²) in [4.78, 5) is 21.3. The van der Waals surface area contributed by atoms with Crippen LogP contribution < -0.4 is 10.3 Å². The van der Waals surface area contributed by atoms with Crippen LogP contribution in [0.1, 0.15) is 11.4 Å². The molecule has 0 spiro atoms. The van der Waals surface area contributed by atoms with E-state index < -0.39 is 34.9 Å². The first-order chi connectivity index (χ1) is 13.4. The first-order valence-corrected chi connectivity index (χ1v) is 8.30. The Bertz CT molecular complexity index is 1130. The second-order valence-electron chi connectivity index (χ2n) is 5.61. The maximum atomic E-state index is 14.2. The van der Waals surface area contributed by atoms with Crippen molar-refractivity contribution in [2.24, 2.45) is 0 Å². The van der Waals surface area contributed by atoms with Crippen LogP contribution in [0, 0.1) is 6.92 Å². The van der Waals surface area contributed by atoms with E-state index in [0.29, 0.717) is 0 Å². The van der Waals surface area contributed by atoms with Crippen molar-refractivity contribution in [1.29, 1.82) is 0 Å². The largest absolute Gasteiger partial charge is 0.459 e. The Morgan fingerprint density at radius 2 is 1.83 bits per heavy atom. The number of benzene rings is 1. The van der Waals surface area contributed by atoms with Crippen molar-refractivity contribution >= 4 is 23.2 Å².